The van der Waals surface area contributed by atoms with E-state index in [1.807, 2.05) is 0 Å². The van der Waals surface area contributed by atoms with Gasteiger partial charge >= 0.3 is 5.97 Å². The van der Waals surface area contributed by atoms with E-state index in [1.54, 1.807) is 6.92 Å². The van der Waals surface area contributed by atoms with Crippen LogP contribution in [0.15, 0.2) is 4.52 Å². The molecule has 0 unspecified atom stereocenters. The molecule has 0 saturated carbocycles. The van der Waals surface area contributed by atoms with Gasteiger partial charge < -0.3 is 9.63 Å². The maximum absolute atomic E-state index is 10.3. The first-order valence-electron chi connectivity index (χ1n) is 3.28. The van der Waals surface area contributed by atoms with Gasteiger partial charge in [-0.3, -0.25) is 10.2 Å². The molecule has 0 amide bonds. The van der Waals surface area contributed by atoms with Crippen molar-refractivity contribution in [3.05, 3.63) is 11.3 Å². The fraction of sp³-hybridized carbons (Fsp3) is 0.333. The van der Waals surface area contributed by atoms with Crippen LogP contribution in [0.1, 0.15) is 11.3 Å². The molecule has 1 aromatic heterocycles. The predicted molar refractivity (Wildman–Crippen MR) is 40.4 cm³/mol. The fourth-order valence-electron chi connectivity index (χ4n) is 0.861. The molecule has 6 nitrogen and oxygen atoms in total. The lowest BCUT2D eigenvalue weighted by Gasteiger charge is -1.96. The van der Waals surface area contributed by atoms with Crippen LogP contribution in [0.25, 0.3) is 0 Å². The number of nitrogens with one attached hydrogen (secondary N) is 1. The number of hydrogen-bond donors (Lipinski definition) is 3. The molecule has 0 saturated heterocycles. The number of nitrogen functional groups attached to an aromatic ring is 1. The third-order valence-electron chi connectivity index (χ3n) is 1.44. The van der Waals surface area contributed by atoms with E-state index in [-0.39, 0.29) is 12.3 Å². The van der Waals surface area contributed by atoms with Gasteiger partial charge in [0.15, 0.2) is 0 Å². The van der Waals surface area contributed by atoms with Crippen molar-refractivity contribution >= 4 is 11.9 Å². The number of aromatic nitrogens is 1. The molecule has 0 aromatic carbocycles. The Hall–Kier alpha value is -1.56. The second-order valence-corrected chi connectivity index (χ2v) is 2.29. The van der Waals surface area contributed by atoms with Crippen LogP contribution >= 0.6 is 0 Å². The van der Waals surface area contributed by atoms with Gasteiger partial charge in [0, 0.05) is 0 Å². The van der Waals surface area contributed by atoms with Crippen LogP contribution in [0.4, 0.5) is 5.88 Å². The van der Waals surface area contributed by atoms with Gasteiger partial charge in [0.2, 0.25) is 5.88 Å². The lowest BCUT2D eigenvalue weighted by Crippen LogP contribution is -2.10. The summed E-state index contributed by atoms with van der Waals surface area (Å²) in [5.74, 6) is 4.32. The summed E-state index contributed by atoms with van der Waals surface area (Å²) < 4.78 is 4.70. The van der Waals surface area contributed by atoms with Crippen molar-refractivity contribution in [2.24, 2.45) is 5.84 Å². The average molecular weight is 171 g/mol. The van der Waals surface area contributed by atoms with E-state index in [4.69, 9.17) is 15.5 Å². The van der Waals surface area contributed by atoms with E-state index in [9.17, 15) is 4.79 Å². The number of nitrogens with zero attached hydrogens (tertiary/aromatic N) is 1. The normalized spacial score (nSPS) is 9.83. The molecule has 1 aromatic rings. The van der Waals surface area contributed by atoms with Crippen LogP contribution in [-0.2, 0) is 11.2 Å². The molecule has 0 atom stereocenters. The molecule has 0 aliphatic rings. The van der Waals surface area contributed by atoms with Gasteiger partial charge in [0.05, 0.1) is 17.7 Å². The Morgan fingerprint density at radius 3 is 3.00 bits per heavy atom. The van der Waals surface area contributed by atoms with E-state index in [0.29, 0.717) is 11.3 Å². The Kier molecular flexibility index (Phi) is 2.29. The standard InChI is InChI=1S/C6H9N3O3/c1-3-4(2-5(10)11)6(8-7)12-9-3/h8H,2,7H2,1H3,(H,10,11). The van der Waals surface area contributed by atoms with Crippen molar-refractivity contribution in [3.8, 4) is 0 Å². The topological polar surface area (TPSA) is 101 Å². The summed E-state index contributed by atoms with van der Waals surface area (Å²) in [6.45, 7) is 1.66. The molecular weight excluding hydrogens is 162 g/mol. The van der Waals surface area contributed by atoms with Gasteiger partial charge in [-0.2, -0.15) is 0 Å². The molecule has 1 heterocycles. The Morgan fingerprint density at radius 1 is 1.83 bits per heavy atom. The molecule has 1 rings (SSSR count). The Bertz CT molecular complexity index is 294. The van der Waals surface area contributed by atoms with Crippen molar-refractivity contribution in [3.63, 3.8) is 0 Å². The summed E-state index contributed by atoms with van der Waals surface area (Å²) in [7, 11) is 0. The van der Waals surface area contributed by atoms with E-state index >= 15 is 0 Å². The average Bonchev–Trinajstić information content (AvgIpc) is 2.32. The predicted octanol–water partition coefficient (Wildman–Crippen LogP) is -0.104. The van der Waals surface area contributed by atoms with Crippen molar-refractivity contribution in [1.82, 2.24) is 5.16 Å². The molecule has 0 bridgehead atoms. The van der Waals surface area contributed by atoms with Gasteiger partial charge in [-0.15, -0.1) is 0 Å². The number of aliphatic carboxylic acids is 1. The highest BCUT2D eigenvalue weighted by molar-refractivity contribution is 5.72. The molecule has 0 radical (unpaired) electrons. The van der Waals surface area contributed by atoms with E-state index in [2.05, 4.69) is 10.6 Å². The molecule has 0 spiro atoms. The summed E-state index contributed by atoms with van der Waals surface area (Å²) in [6.07, 6.45) is -0.144. The summed E-state index contributed by atoms with van der Waals surface area (Å²) in [5, 5.41) is 12.1. The zero-order chi connectivity index (χ0) is 9.14. The zero-order valence-corrected chi connectivity index (χ0v) is 6.50. The van der Waals surface area contributed by atoms with Crippen LogP contribution < -0.4 is 11.3 Å². The van der Waals surface area contributed by atoms with Crippen LogP contribution in [0.3, 0.4) is 0 Å². The summed E-state index contributed by atoms with van der Waals surface area (Å²) in [4.78, 5) is 10.3. The SMILES string of the molecule is Cc1noc(NN)c1CC(=O)O. The van der Waals surface area contributed by atoms with E-state index in [0.717, 1.165) is 0 Å². The molecule has 66 valence electrons. The smallest absolute Gasteiger partial charge is 0.308 e. The Morgan fingerprint density at radius 2 is 2.50 bits per heavy atom. The number of carboxylic acids is 1. The Balaban J connectivity index is 2.94. The second-order valence-electron chi connectivity index (χ2n) is 2.29. The largest absolute Gasteiger partial charge is 0.481 e. The van der Waals surface area contributed by atoms with Gasteiger partial charge in [-0.1, -0.05) is 5.16 Å². The highest BCUT2D eigenvalue weighted by atomic mass is 16.5. The van der Waals surface area contributed by atoms with Crippen LogP contribution in [-0.4, -0.2) is 16.2 Å². The first-order chi connectivity index (χ1) is 5.65. The van der Waals surface area contributed by atoms with E-state index < -0.39 is 5.97 Å². The second kappa shape index (κ2) is 3.22. The lowest BCUT2D eigenvalue weighted by atomic mass is 10.2. The highest BCUT2D eigenvalue weighted by Gasteiger charge is 2.14. The van der Waals surface area contributed by atoms with Crippen molar-refractivity contribution in [2.75, 3.05) is 5.43 Å². The van der Waals surface area contributed by atoms with Gasteiger partial charge in [0.1, 0.15) is 0 Å². The first-order valence-corrected chi connectivity index (χ1v) is 3.28. The number of hydrogen-bond acceptors (Lipinski definition) is 5. The highest BCUT2D eigenvalue weighted by Crippen LogP contribution is 2.18. The summed E-state index contributed by atoms with van der Waals surface area (Å²) in [5.41, 5.74) is 3.24. The number of hydrazine groups is 1. The maximum atomic E-state index is 10.3. The number of anilines is 1. The van der Waals surface area contributed by atoms with Gasteiger partial charge in [-0.25, -0.2) is 5.84 Å². The van der Waals surface area contributed by atoms with Crippen molar-refractivity contribution in [1.29, 1.82) is 0 Å². The monoisotopic (exact) mass is 171 g/mol. The molecule has 6 heteroatoms. The van der Waals surface area contributed by atoms with Crippen LogP contribution in [0.5, 0.6) is 0 Å². The lowest BCUT2D eigenvalue weighted by molar-refractivity contribution is -0.136. The maximum Gasteiger partial charge on any atom is 0.308 e. The molecule has 4 N–H and O–H groups in total. The minimum absolute atomic E-state index is 0.144. The van der Waals surface area contributed by atoms with Gasteiger partial charge in [-0.05, 0) is 6.92 Å². The van der Waals surface area contributed by atoms with Crippen molar-refractivity contribution in [2.45, 2.75) is 13.3 Å². The number of carbonyl (C=O) groups is 1. The number of aryl methyl sites for hydroxylation is 1. The van der Waals surface area contributed by atoms with Crippen molar-refractivity contribution < 1.29 is 14.4 Å². The van der Waals surface area contributed by atoms with E-state index in [1.165, 1.54) is 0 Å². The molecule has 0 aliphatic carbocycles. The molecule has 12 heavy (non-hydrogen) atoms. The first kappa shape index (κ1) is 8.54. The van der Waals surface area contributed by atoms with Crippen LogP contribution in [0.2, 0.25) is 0 Å². The van der Waals surface area contributed by atoms with Gasteiger partial charge in [0.25, 0.3) is 0 Å². The summed E-state index contributed by atoms with van der Waals surface area (Å²) >= 11 is 0. The minimum atomic E-state index is -0.946. The van der Waals surface area contributed by atoms with Crippen LogP contribution in [0, 0.1) is 6.92 Å². The number of nitrogens with two attached hydrogens (primary N) is 1. The number of rotatable bonds is 3. The third-order valence-corrected chi connectivity index (χ3v) is 1.44. The minimum Gasteiger partial charge on any atom is -0.481 e. The molecule has 0 fully saturated rings. The number of carboxylic acid groups (broad SMARTS) is 1. The third kappa shape index (κ3) is 1.54. The Labute approximate surface area is 68.3 Å². The fourth-order valence-corrected chi connectivity index (χ4v) is 0.861. The molecule has 0 aliphatic heterocycles. The quantitative estimate of drug-likeness (QED) is 0.433. The molecular formula is C6H9N3O3. The summed E-state index contributed by atoms with van der Waals surface area (Å²) in [6, 6.07) is 0. The zero-order valence-electron chi connectivity index (χ0n) is 6.50.